The number of pyridine rings is 2. The number of halogens is 3. The van der Waals surface area contributed by atoms with Gasteiger partial charge in [-0.25, -0.2) is 14.4 Å². The predicted octanol–water partition coefficient (Wildman–Crippen LogP) is 11.6. The van der Waals surface area contributed by atoms with Crippen molar-refractivity contribution in [3.8, 4) is 28.3 Å². The number of carbonyl (C=O) groups is 1. The minimum atomic E-state index is -0.165. The number of carbonyl (C=O) groups excluding carboxylic acids is 1. The van der Waals surface area contributed by atoms with Crippen molar-refractivity contribution in [2.75, 3.05) is 5.73 Å². The molecule has 0 aliphatic rings. The molecule has 6 rings (SSSR count). The number of aryl methyl sites for hydroxylation is 6. The molecule has 0 spiro atoms. The van der Waals surface area contributed by atoms with Crippen molar-refractivity contribution in [2.24, 2.45) is 0 Å². The summed E-state index contributed by atoms with van der Waals surface area (Å²) in [4.78, 5) is 20.0. The molecule has 0 aliphatic heterocycles. The average molecular weight is 932 g/mol. The third-order valence-electron chi connectivity index (χ3n) is 7.86. The van der Waals surface area contributed by atoms with Crippen molar-refractivity contribution in [1.82, 2.24) is 14.5 Å². The summed E-state index contributed by atoms with van der Waals surface area (Å²) in [5.74, 6) is 1.31. The summed E-state index contributed by atoms with van der Waals surface area (Å²) in [6.45, 7) is 8.25. The number of nitrogens with zero attached hydrogens (tertiary/aromatic N) is 3. The molecule has 3 aromatic heterocycles. The summed E-state index contributed by atoms with van der Waals surface area (Å²) >= 11 is 4.74. The molecule has 6 aromatic rings. The Bertz CT molecular complexity index is 1940. The zero-order valence-corrected chi connectivity index (χ0v) is 33.7. The van der Waals surface area contributed by atoms with Gasteiger partial charge < -0.3 is 10.3 Å². The summed E-state index contributed by atoms with van der Waals surface area (Å²) < 4.78 is 15.3. The molecule has 0 saturated heterocycles. The third kappa shape index (κ3) is 12.2. The molecule has 0 bridgehead atoms. The second kappa shape index (κ2) is 20.5. The standard InChI is InChI=1S/C21H21FN2.C19H18N2O.CH4.2HI.V/c1-15-12-20(24-21(23)13-15)18-10-8-16(9-11-18)4-2-5-17-6-3-7-19(22)14-17;1-13-10-18(17-8-6-16(12-22)7-9-17)20-19(11-13)21-14(2)4-5-15(21)3;;;;/h3,6-14H,2,4-5H2,1H3,(H2,23,24);4-12H,1-3H3;1H4;2*1H;/q;;;;;+2/p-2. The van der Waals surface area contributed by atoms with E-state index in [0.29, 0.717) is 20.8 Å². The van der Waals surface area contributed by atoms with Gasteiger partial charge in [-0.2, -0.15) is 0 Å². The maximum atomic E-state index is 13.2. The van der Waals surface area contributed by atoms with Crippen molar-refractivity contribution < 1.29 is 18.7 Å². The first-order chi connectivity index (χ1) is 23.6. The fourth-order valence-corrected chi connectivity index (χ4v) is 5.55. The summed E-state index contributed by atoms with van der Waals surface area (Å²) in [6.07, 6.45) is 3.71. The average Bonchev–Trinajstić information content (AvgIpc) is 3.42. The number of nitrogens with two attached hydrogens (primary N) is 1. The van der Waals surface area contributed by atoms with E-state index in [9.17, 15) is 9.18 Å². The molecule has 0 saturated carbocycles. The molecule has 5 nitrogen and oxygen atoms in total. The molecule has 0 aliphatic carbocycles. The van der Waals surface area contributed by atoms with Gasteiger partial charge in [-0.1, -0.05) is 68.1 Å². The van der Waals surface area contributed by atoms with Crippen LogP contribution in [0.5, 0.6) is 0 Å². The van der Waals surface area contributed by atoms with Crippen molar-refractivity contribution in [3.05, 3.63) is 154 Å². The zero-order chi connectivity index (χ0) is 35.3. The van der Waals surface area contributed by atoms with Gasteiger partial charge in [0.15, 0.2) is 0 Å². The Labute approximate surface area is 325 Å². The van der Waals surface area contributed by atoms with E-state index < -0.39 is 0 Å². The van der Waals surface area contributed by atoms with Gasteiger partial charge in [0.05, 0.1) is 11.4 Å². The fraction of sp³-hybridized carbons (Fsp3) is 0.195. The number of benzene rings is 3. The van der Waals surface area contributed by atoms with Gasteiger partial charge in [0, 0.05) is 28.1 Å². The van der Waals surface area contributed by atoms with Crippen LogP contribution in [0.4, 0.5) is 10.2 Å². The van der Waals surface area contributed by atoms with Gasteiger partial charge in [-0.3, -0.25) is 4.79 Å². The summed E-state index contributed by atoms with van der Waals surface area (Å²) in [7, 11) is 0.628. The third-order valence-corrected chi connectivity index (χ3v) is 7.86. The Balaban J connectivity index is 0.000000247. The first kappa shape index (κ1) is 41.1. The van der Waals surface area contributed by atoms with E-state index in [1.54, 1.807) is 12.1 Å². The molecule has 0 fully saturated rings. The van der Waals surface area contributed by atoms with Crippen molar-refractivity contribution in [3.63, 3.8) is 0 Å². The van der Waals surface area contributed by atoms with Gasteiger partial charge in [0.1, 0.15) is 23.7 Å². The number of aromatic nitrogens is 3. The Morgan fingerprint density at radius 1 is 0.720 bits per heavy atom. The molecule has 0 amide bonds. The van der Waals surface area contributed by atoms with Gasteiger partial charge in [-0.15, -0.1) is 0 Å². The van der Waals surface area contributed by atoms with E-state index in [2.05, 4.69) is 119 Å². The predicted molar refractivity (Wildman–Crippen MR) is 221 cm³/mol. The quantitative estimate of drug-likeness (QED) is 0.122. The topological polar surface area (TPSA) is 73.8 Å². The number of nitrogen functional groups attached to an aromatic ring is 1. The normalized spacial score (nSPS) is 10.1. The second-order valence-corrected chi connectivity index (χ2v) is 23.6. The summed E-state index contributed by atoms with van der Waals surface area (Å²) in [6, 6.07) is 35.0. The maximum absolute atomic E-state index is 13.2. The minimum absolute atomic E-state index is 0. The van der Waals surface area contributed by atoms with Crippen molar-refractivity contribution >= 4 is 52.1 Å². The second-order valence-electron chi connectivity index (χ2n) is 11.8. The van der Waals surface area contributed by atoms with Gasteiger partial charge >= 0.3 is 49.4 Å². The summed E-state index contributed by atoms with van der Waals surface area (Å²) in [5, 5.41) is 0. The number of anilines is 1. The molecule has 259 valence electrons. The van der Waals surface area contributed by atoms with Crippen LogP contribution in [0, 0.1) is 33.5 Å². The van der Waals surface area contributed by atoms with E-state index in [1.807, 2.05) is 49.4 Å². The molecule has 0 atom stereocenters. The van der Waals surface area contributed by atoms with E-state index in [-0.39, 0.29) is 13.2 Å². The Morgan fingerprint density at radius 3 is 1.82 bits per heavy atom. The molecule has 9 heteroatoms. The van der Waals surface area contributed by atoms with Crippen LogP contribution in [0.25, 0.3) is 28.3 Å². The molecular formula is C41H43FI2N4OV. The van der Waals surface area contributed by atoms with Crippen LogP contribution in [0.1, 0.15) is 57.8 Å². The monoisotopic (exact) mass is 931 g/mol. The molecule has 2 N–H and O–H groups in total. The number of aldehydes is 1. The van der Waals surface area contributed by atoms with Crippen LogP contribution >= 0.6 is 40.0 Å². The molecular weight excluding hydrogens is 888 g/mol. The van der Waals surface area contributed by atoms with Gasteiger partial charge in [-0.05, 0) is 118 Å². The molecule has 0 unspecified atom stereocenters. The molecule has 0 radical (unpaired) electrons. The van der Waals surface area contributed by atoms with Gasteiger partial charge in [0.25, 0.3) is 0 Å². The van der Waals surface area contributed by atoms with Crippen LogP contribution in [0.2, 0.25) is 0 Å². The molecule has 3 heterocycles. The van der Waals surface area contributed by atoms with Crippen LogP contribution in [0.15, 0.2) is 109 Å². The van der Waals surface area contributed by atoms with Crippen molar-refractivity contribution in [2.45, 2.75) is 54.4 Å². The van der Waals surface area contributed by atoms with E-state index in [4.69, 9.17) is 10.7 Å². The van der Waals surface area contributed by atoms with Crippen LogP contribution < -0.4 is 5.73 Å². The molecule has 3 aromatic carbocycles. The molecule has 50 heavy (non-hydrogen) atoms. The van der Waals surface area contributed by atoms with Crippen molar-refractivity contribution in [1.29, 1.82) is 0 Å². The van der Waals surface area contributed by atoms with E-state index >= 15 is 0 Å². The van der Waals surface area contributed by atoms with Crippen LogP contribution in [-0.2, 0) is 22.3 Å². The zero-order valence-electron chi connectivity index (χ0n) is 28.0. The first-order valence-electron chi connectivity index (χ1n) is 15.8. The fourth-order valence-electron chi connectivity index (χ4n) is 5.55. The SMILES string of the molecule is C.Cc1cc(-c2ccc(C=O)cc2)nc(-n2c(C)ccc2C)c1.Cc1cc(N)nc(-c2ccc(CCCc3cccc(F)c3)cc2)c1.[I][V][I]. The summed E-state index contributed by atoms with van der Waals surface area (Å²) in [5.41, 5.74) is 17.3. The number of hydrogen-bond donors (Lipinski definition) is 1. The van der Waals surface area contributed by atoms with Gasteiger partial charge in [0.2, 0.25) is 0 Å². The first-order valence-corrected chi connectivity index (χ1v) is 24.8. The van der Waals surface area contributed by atoms with Crippen LogP contribution in [-0.4, -0.2) is 20.8 Å². The van der Waals surface area contributed by atoms with Crippen LogP contribution in [0.3, 0.4) is 0 Å². The Hall–Kier alpha value is -3.32. The Kier molecular flexibility index (Phi) is 16.9. The number of rotatable bonds is 8. The van der Waals surface area contributed by atoms with E-state index in [0.717, 1.165) is 82.0 Å². The number of hydrogen-bond acceptors (Lipinski definition) is 4. The Morgan fingerprint density at radius 2 is 1.26 bits per heavy atom. The van der Waals surface area contributed by atoms with E-state index in [1.165, 1.54) is 11.6 Å².